The molecular formula is C12H14N4S. The summed E-state index contributed by atoms with van der Waals surface area (Å²) in [5.41, 5.74) is 2.40. The molecule has 88 valence electrons. The molecule has 3 heterocycles. The molecule has 0 fully saturated rings. The highest BCUT2D eigenvalue weighted by Gasteiger charge is 2.03. The minimum Gasteiger partial charge on any atom is -0.348 e. The van der Waals surface area contributed by atoms with E-state index < -0.39 is 0 Å². The molecule has 0 saturated heterocycles. The van der Waals surface area contributed by atoms with Gasteiger partial charge in [0, 0.05) is 36.7 Å². The van der Waals surface area contributed by atoms with Crippen LogP contribution in [0.2, 0.25) is 0 Å². The van der Waals surface area contributed by atoms with Crippen LogP contribution in [0.3, 0.4) is 0 Å². The number of hydrogen-bond acceptors (Lipinski definition) is 3. The lowest BCUT2D eigenvalue weighted by molar-refractivity contribution is 0.770. The Labute approximate surface area is 104 Å². The molecule has 0 aliphatic rings. The Balaban J connectivity index is 1.79. The standard InChI is InChI=1S/C12H14N4S/c1-13-6-10-2-3-15(7-10)8-11-9-16-4-5-17-12(16)14-11/h2-5,7,9,13H,6,8H2,1H3. The van der Waals surface area contributed by atoms with E-state index in [4.69, 9.17) is 0 Å². The Kier molecular flexibility index (Phi) is 2.70. The molecule has 3 aromatic rings. The lowest BCUT2D eigenvalue weighted by Gasteiger charge is -1.98. The van der Waals surface area contributed by atoms with Gasteiger partial charge < -0.3 is 9.88 Å². The average molecular weight is 246 g/mol. The molecule has 0 atom stereocenters. The molecule has 0 radical (unpaired) electrons. The molecular weight excluding hydrogens is 232 g/mol. The van der Waals surface area contributed by atoms with E-state index in [0.717, 1.165) is 23.7 Å². The van der Waals surface area contributed by atoms with Crippen LogP contribution in [-0.2, 0) is 13.1 Å². The highest BCUT2D eigenvalue weighted by Crippen LogP contribution is 2.12. The number of thiazole rings is 1. The fraction of sp³-hybridized carbons (Fsp3) is 0.250. The third-order valence-corrected chi connectivity index (χ3v) is 3.45. The maximum atomic E-state index is 4.57. The second-order valence-electron chi connectivity index (χ2n) is 4.05. The van der Waals surface area contributed by atoms with Gasteiger partial charge in [-0.15, -0.1) is 11.3 Å². The molecule has 0 bridgehead atoms. The highest BCUT2D eigenvalue weighted by molar-refractivity contribution is 7.15. The molecule has 4 nitrogen and oxygen atoms in total. The van der Waals surface area contributed by atoms with Gasteiger partial charge in [-0.05, 0) is 18.7 Å². The average Bonchev–Trinajstić information content (AvgIpc) is 2.95. The largest absolute Gasteiger partial charge is 0.348 e. The summed E-state index contributed by atoms with van der Waals surface area (Å²) in [6.07, 6.45) is 8.38. The quantitative estimate of drug-likeness (QED) is 0.763. The third-order valence-electron chi connectivity index (χ3n) is 2.68. The Morgan fingerprint density at radius 1 is 1.35 bits per heavy atom. The molecule has 0 aliphatic heterocycles. The van der Waals surface area contributed by atoms with E-state index in [1.807, 2.05) is 18.6 Å². The van der Waals surface area contributed by atoms with Gasteiger partial charge in [0.25, 0.3) is 0 Å². The zero-order chi connectivity index (χ0) is 11.7. The van der Waals surface area contributed by atoms with Gasteiger partial charge in [0.2, 0.25) is 0 Å². The van der Waals surface area contributed by atoms with Crippen LogP contribution in [0.5, 0.6) is 0 Å². The summed E-state index contributed by atoms with van der Waals surface area (Å²) in [4.78, 5) is 5.63. The van der Waals surface area contributed by atoms with Crippen molar-refractivity contribution < 1.29 is 0 Å². The molecule has 0 aromatic carbocycles. The Morgan fingerprint density at radius 3 is 3.12 bits per heavy atom. The van der Waals surface area contributed by atoms with Crippen molar-refractivity contribution in [2.24, 2.45) is 0 Å². The summed E-state index contributed by atoms with van der Waals surface area (Å²) in [5, 5.41) is 5.20. The summed E-state index contributed by atoms with van der Waals surface area (Å²) in [6.45, 7) is 1.74. The van der Waals surface area contributed by atoms with E-state index in [1.165, 1.54) is 5.56 Å². The number of hydrogen-bond donors (Lipinski definition) is 1. The van der Waals surface area contributed by atoms with Crippen LogP contribution >= 0.6 is 11.3 Å². The predicted octanol–water partition coefficient (Wildman–Crippen LogP) is 1.97. The van der Waals surface area contributed by atoms with Gasteiger partial charge in [0.05, 0.1) is 12.2 Å². The normalized spacial score (nSPS) is 11.4. The number of aromatic nitrogens is 3. The summed E-state index contributed by atoms with van der Waals surface area (Å²) < 4.78 is 4.23. The topological polar surface area (TPSA) is 34.3 Å². The van der Waals surface area contributed by atoms with Crippen LogP contribution in [0, 0.1) is 0 Å². The SMILES string of the molecule is CNCc1ccn(Cc2cn3ccsc3n2)c1. The summed E-state index contributed by atoms with van der Waals surface area (Å²) in [7, 11) is 1.96. The highest BCUT2D eigenvalue weighted by atomic mass is 32.1. The lowest BCUT2D eigenvalue weighted by atomic mass is 10.3. The van der Waals surface area contributed by atoms with Crippen molar-refractivity contribution in [3.8, 4) is 0 Å². The van der Waals surface area contributed by atoms with E-state index in [1.54, 1.807) is 11.3 Å². The van der Waals surface area contributed by atoms with E-state index in [9.17, 15) is 0 Å². The van der Waals surface area contributed by atoms with Gasteiger partial charge in [-0.1, -0.05) is 0 Å². The van der Waals surface area contributed by atoms with E-state index in [2.05, 4.69) is 43.9 Å². The fourth-order valence-corrected chi connectivity index (χ4v) is 2.66. The van der Waals surface area contributed by atoms with E-state index >= 15 is 0 Å². The molecule has 0 unspecified atom stereocenters. The van der Waals surface area contributed by atoms with Crippen molar-refractivity contribution in [3.63, 3.8) is 0 Å². The van der Waals surface area contributed by atoms with Crippen LogP contribution < -0.4 is 5.32 Å². The van der Waals surface area contributed by atoms with Crippen molar-refractivity contribution in [1.29, 1.82) is 0 Å². The van der Waals surface area contributed by atoms with Gasteiger partial charge in [-0.3, -0.25) is 4.40 Å². The molecule has 3 aromatic heterocycles. The second kappa shape index (κ2) is 4.35. The van der Waals surface area contributed by atoms with Gasteiger partial charge in [0.15, 0.2) is 4.96 Å². The molecule has 0 aliphatic carbocycles. The van der Waals surface area contributed by atoms with Crippen LogP contribution in [0.15, 0.2) is 36.2 Å². The molecule has 0 spiro atoms. The summed E-state index contributed by atoms with van der Waals surface area (Å²) >= 11 is 1.66. The lowest BCUT2D eigenvalue weighted by Crippen LogP contribution is -2.04. The summed E-state index contributed by atoms with van der Waals surface area (Å²) in [6, 6.07) is 2.13. The Bertz CT molecular complexity index is 591. The van der Waals surface area contributed by atoms with Crippen molar-refractivity contribution in [1.82, 2.24) is 19.3 Å². The van der Waals surface area contributed by atoms with Crippen LogP contribution in [0.1, 0.15) is 11.3 Å². The van der Waals surface area contributed by atoms with Crippen LogP contribution in [-0.4, -0.2) is 21.0 Å². The maximum absolute atomic E-state index is 4.57. The van der Waals surface area contributed by atoms with Crippen molar-refractivity contribution in [3.05, 3.63) is 47.5 Å². The second-order valence-corrected chi connectivity index (χ2v) is 4.92. The van der Waals surface area contributed by atoms with Gasteiger partial charge in [0.1, 0.15) is 0 Å². The molecule has 0 saturated carbocycles. The van der Waals surface area contributed by atoms with Crippen LogP contribution in [0.25, 0.3) is 4.96 Å². The molecule has 3 rings (SSSR count). The first-order valence-corrected chi connectivity index (χ1v) is 6.43. The van der Waals surface area contributed by atoms with E-state index in [-0.39, 0.29) is 0 Å². The minimum absolute atomic E-state index is 0.831. The number of nitrogens with one attached hydrogen (secondary N) is 1. The minimum atomic E-state index is 0.831. The fourth-order valence-electron chi connectivity index (χ4n) is 1.94. The van der Waals surface area contributed by atoms with Gasteiger partial charge >= 0.3 is 0 Å². The third kappa shape index (κ3) is 2.11. The predicted molar refractivity (Wildman–Crippen MR) is 69.4 cm³/mol. The summed E-state index contributed by atoms with van der Waals surface area (Å²) in [5.74, 6) is 0. The molecule has 1 N–H and O–H groups in total. The Hall–Kier alpha value is -1.59. The number of nitrogens with zero attached hydrogens (tertiary/aromatic N) is 3. The van der Waals surface area contributed by atoms with Crippen molar-refractivity contribution in [2.75, 3.05) is 7.05 Å². The first kappa shape index (κ1) is 10.6. The molecule has 0 amide bonds. The van der Waals surface area contributed by atoms with Gasteiger partial charge in [-0.2, -0.15) is 0 Å². The zero-order valence-electron chi connectivity index (χ0n) is 9.63. The van der Waals surface area contributed by atoms with Crippen LogP contribution in [0.4, 0.5) is 0 Å². The maximum Gasteiger partial charge on any atom is 0.193 e. The van der Waals surface area contributed by atoms with E-state index in [0.29, 0.717) is 0 Å². The van der Waals surface area contributed by atoms with Gasteiger partial charge in [-0.25, -0.2) is 4.98 Å². The number of rotatable bonds is 4. The number of fused-ring (bicyclic) bond motifs is 1. The monoisotopic (exact) mass is 246 g/mol. The zero-order valence-corrected chi connectivity index (χ0v) is 10.4. The first-order chi connectivity index (χ1) is 8.35. The first-order valence-electron chi connectivity index (χ1n) is 5.55. The number of imidazole rings is 1. The molecule has 5 heteroatoms. The van der Waals surface area contributed by atoms with Crippen molar-refractivity contribution >= 4 is 16.3 Å². The molecule has 17 heavy (non-hydrogen) atoms. The van der Waals surface area contributed by atoms with Crippen molar-refractivity contribution in [2.45, 2.75) is 13.1 Å². The Morgan fingerprint density at radius 2 is 2.29 bits per heavy atom. The smallest absolute Gasteiger partial charge is 0.193 e.